The highest BCUT2D eigenvalue weighted by atomic mass is 32.1. The number of nitrogens with one attached hydrogen (secondary N) is 1. The topological polar surface area (TPSA) is 99.0 Å². The Morgan fingerprint density at radius 3 is 2.60 bits per heavy atom. The van der Waals surface area contributed by atoms with Gasteiger partial charge in [-0.15, -0.1) is 0 Å². The van der Waals surface area contributed by atoms with Gasteiger partial charge in [0.05, 0.1) is 24.1 Å². The molecule has 1 aliphatic heterocycles. The summed E-state index contributed by atoms with van der Waals surface area (Å²) in [6.07, 6.45) is -3.16. The minimum absolute atomic E-state index is 0.352. The summed E-state index contributed by atoms with van der Waals surface area (Å²) in [6, 6.07) is -0.923. The van der Waals surface area contributed by atoms with E-state index in [0.717, 1.165) is 0 Å². The van der Waals surface area contributed by atoms with Crippen LogP contribution in [0.25, 0.3) is 0 Å². The highest BCUT2D eigenvalue weighted by Gasteiger charge is 2.43. The standard InChI is InChI=1S/C8H15NO5S/c1-3(11)9-5-6(12)7(15)4(2-10)14-8(5)13/h4-8,10,12-13,15H,2H2,1H3,(H,9,11)/t4-,5-,6-,7-,8-/m1/s1. The molecule has 15 heavy (non-hydrogen) atoms. The Morgan fingerprint density at radius 1 is 1.53 bits per heavy atom. The molecule has 0 aromatic carbocycles. The summed E-state index contributed by atoms with van der Waals surface area (Å²) < 4.78 is 4.99. The van der Waals surface area contributed by atoms with Gasteiger partial charge in [0.25, 0.3) is 0 Å². The third-order valence-electron chi connectivity index (χ3n) is 2.27. The van der Waals surface area contributed by atoms with Gasteiger partial charge >= 0.3 is 0 Å². The first kappa shape index (κ1) is 12.7. The summed E-state index contributed by atoms with van der Waals surface area (Å²) >= 11 is 4.06. The highest BCUT2D eigenvalue weighted by molar-refractivity contribution is 7.81. The summed E-state index contributed by atoms with van der Waals surface area (Å²) in [5.41, 5.74) is 0. The van der Waals surface area contributed by atoms with Crippen LogP contribution in [-0.2, 0) is 9.53 Å². The van der Waals surface area contributed by atoms with Crippen molar-refractivity contribution < 1.29 is 24.9 Å². The van der Waals surface area contributed by atoms with E-state index in [9.17, 15) is 15.0 Å². The van der Waals surface area contributed by atoms with E-state index >= 15 is 0 Å². The van der Waals surface area contributed by atoms with Crippen LogP contribution in [0.4, 0.5) is 0 Å². The number of carbonyl (C=O) groups excluding carboxylic acids is 1. The van der Waals surface area contributed by atoms with Gasteiger partial charge in [-0.1, -0.05) is 0 Å². The lowest BCUT2D eigenvalue weighted by Crippen LogP contribution is -2.62. The van der Waals surface area contributed by atoms with Gasteiger partial charge in [-0.2, -0.15) is 12.6 Å². The fourth-order valence-corrected chi connectivity index (χ4v) is 1.84. The van der Waals surface area contributed by atoms with Gasteiger partial charge in [0.15, 0.2) is 6.29 Å². The van der Waals surface area contributed by atoms with Crippen LogP contribution in [0.1, 0.15) is 6.92 Å². The maximum Gasteiger partial charge on any atom is 0.217 e. The third-order valence-corrected chi connectivity index (χ3v) is 2.91. The molecule has 7 heteroatoms. The molecule has 88 valence electrons. The number of hydrogen-bond donors (Lipinski definition) is 5. The van der Waals surface area contributed by atoms with Crippen molar-refractivity contribution in [2.24, 2.45) is 0 Å². The van der Waals surface area contributed by atoms with E-state index in [4.69, 9.17) is 9.84 Å². The number of aliphatic hydroxyl groups is 3. The summed E-state index contributed by atoms with van der Waals surface area (Å²) in [6.45, 7) is 0.917. The summed E-state index contributed by atoms with van der Waals surface area (Å²) in [4.78, 5) is 10.8. The molecule has 1 heterocycles. The number of amides is 1. The first-order valence-corrected chi connectivity index (χ1v) is 5.06. The molecular formula is C8H15NO5S. The third kappa shape index (κ3) is 2.82. The number of thiol groups is 1. The van der Waals surface area contributed by atoms with E-state index in [1.165, 1.54) is 6.92 Å². The van der Waals surface area contributed by atoms with E-state index in [2.05, 4.69) is 17.9 Å². The fourth-order valence-electron chi connectivity index (χ4n) is 1.49. The van der Waals surface area contributed by atoms with Crippen molar-refractivity contribution in [1.29, 1.82) is 0 Å². The molecule has 0 aromatic rings. The SMILES string of the molecule is CC(=O)N[C@@H]1[C@@H](O)[C@H](S)[C@@H](CO)O[C@H]1O. The summed E-state index contributed by atoms with van der Waals surface area (Å²) in [7, 11) is 0. The Bertz CT molecular complexity index is 239. The van der Waals surface area contributed by atoms with Crippen LogP contribution in [0.3, 0.4) is 0 Å². The molecule has 0 spiro atoms. The maximum atomic E-state index is 10.8. The lowest BCUT2D eigenvalue weighted by atomic mass is 9.99. The second-order valence-electron chi connectivity index (χ2n) is 3.46. The summed E-state index contributed by atoms with van der Waals surface area (Å²) in [5, 5.41) is 29.8. The number of rotatable bonds is 2. The Hall–Kier alpha value is -0.340. The van der Waals surface area contributed by atoms with Gasteiger partial charge < -0.3 is 25.4 Å². The van der Waals surface area contributed by atoms with Crippen LogP contribution < -0.4 is 5.32 Å². The lowest BCUT2D eigenvalue weighted by Gasteiger charge is -2.40. The monoisotopic (exact) mass is 237 g/mol. The number of ether oxygens (including phenoxy) is 1. The Labute approximate surface area is 92.7 Å². The largest absolute Gasteiger partial charge is 0.394 e. The molecule has 0 radical (unpaired) electrons. The van der Waals surface area contributed by atoms with E-state index in [0.29, 0.717) is 0 Å². The zero-order valence-corrected chi connectivity index (χ0v) is 9.09. The zero-order chi connectivity index (χ0) is 11.6. The van der Waals surface area contributed by atoms with Crippen LogP contribution >= 0.6 is 12.6 Å². The van der Waals surface area contributed by atoms with Gasteiger partial charge in [0, 0.05) is 6.92 Å². The second kappa shape index (κ2) is 5.13. The minimum atomic E-state index is -1.34. The molecule has 1 saturated heterocycles. The number of hydrogen-bond acceptors (Lipinski definition) is 6. The van der Waals surface area contributed by atoms with E-state index in [1.54, 1.807) is 0 Å². The molecule has 0 aromatic heterocycles. The van der Waals surface area contributed by atoms with Crippen molar-refractivity contribution in [3.63, 3.8) is 0 Å². The van der Waals surface area contributed by atoms with Gasteiger partial charge in [-0.3, -0.25) is 4.79 Å². The van der Waals surface area contributed by atoms with Gasteiger partial charge in [-0.05, 0) is 0 Å². The van der Waals surface area contributed by atoms with E-state index < -0.39 is 29.8 Å². The Kier molecular flexibility index (Phi) is 4.35. The van der Waals surface area contributed by atoms with E-state index in [1.807, 2.05) is 0 Å². The molecular weight excluding hydrogens is 222 g/mol. The Balaban J connectivity index is 2.70. The van der Waals surface area contributed by atoms with Crippen molar-refractivity contribution in [2.75, 3.05) is 6.61 Å². The predicted octanol–water partition coefficient (Wildman–Crippen LogP) is -2.14. The predicted molar refractivity (Wildman–Crippen MR) is 54.4 cm³/mol. The van der Waals surface area contributed by atoms with Crippen molar-refractivity contribution in [3.05, 3.63) is 0 Å². The van der Waals surface area contributed by atoms with Crippen LogP contribution in [0.2, 0.25) is 0 Å². The number of aliphatic hydroxyl groups excluding tert-OH is 3. The number of carbonyl (C=O) groups is 1. The smallest absolute Gasteiger partial charge is 0.217 e. The molecule has 4 N–H and O–H groups in total. The quantitative estimate of drug-likeness (QED) is 0.353. The molecule has 1 aliphatic rings. The Morgan fingerprint density at radius 2 is 2.13 bits per heavy atom. The van der Waals surface area contributed by atoms with Crippen LogP contribution in [0.15, 0.2) is 0 Å². The average Bonchev–Trinajstić information content (AvgIpc) is 2.18. The van der Waals surface area contributed by atoms with Gasteiger partial charge in [0.2, 0.25) is 5.91 Å². The first-order chi connectivity index (χ1) is 6.97. The second-order valence-corrected chi connectivity index (χ2v) is 4.05. The highest BCUT2D eigenvalue weighted by Crippen LogP contribution is 2.23. The minimum Gasteiger partial charge on any atom is -0.394 e. The first-order valence-electron chi connectivity index (χ1n) is 4.55. The normalized spacial score (nSPS) is 41.3. The van der Waals surface area contributed by atoms with Crippen molar-refractivity contribution in [2.45, 2.75) is 36.7 Å². The van der Waals surface area contributed by atoms with Gasteiger partial charge in [-0.25, -0.2) is 0 Å². The molecule has 1 amide bonds. The molecule has 1 rings (SSSR count). The summed E-state index contributed by atoms with van der Waals surface area (Å²) in [5.74, 6) is -0.385. The molecule has 0 unspecified atom stereocenters. The van der Waals surface area contributed by atoms with Crippen molar-refractivity contribution in [1.82, 2.24) is 5.32 Å². The van der Waals surface area contributed by atoms with Crippen molar-refractivity contribution in [3.8, 4) is 0 Å². The zero-order valence-electron chi connectivity index (χ0n) is 8.20. The molecule has 0 bridgehead atoms. The van der Waals surface area contributed by atoms with Crippen LogP contribution in [-0.4, -0.2) is 57.6 Å². The van der Waals surface area contributed by atoms with Crippen molar-refractivity contribution >= 4 is 18.5 Å². The molecule has 6 nitrogen and oxygen atoms in total. The van der Waals surface area contributed by atoms with Crippen LogP contribution in [0, 0.1) is 0 Å². The molecule has 1 fully saturated rings. The van der Waals surface area contributed by atoms with E-state index in [-0.39, 0.29) is 12.5 Å². The lowest BCUT2D eigenvalue weighted by molar-refractivity contribution is -0.210. The fraction of sp³-hybridized carbons (Fsp3) is 0.875. The molecule has 0 aliphatic carbocycles. The molecule has 5 atom stereocenters. The van der Waals surface area contributed by atoms with Gasteiger partial charge in [0.1, 0.15) is 6.04 Å². The maximum absolute atomic E-state index is 10.8. The van der Waals surface area contributed by atoms with Crippen LogP contribution in [0.5, 0.6) is 0 Å². The average molecular weight is 237 g/mol. The molecule has 0 saturated carbocycles.